The minimum atomic E-state index is -0.265. The molecule has 0 bridgehead atoms. The zero-order chi connectivity index (χ0) is 17.8. The average molecular weight is 466 g/mol. The van der Waals surface area contributed by atoms with Crippen LogP contribution in [0.2, 0.25) is 0 Å². The molecular formula is C17H31IN4O3. The van der Waals surface area contributed by atoms with Crippen LogP contribution in [0.25, 0.3) is 0 Å². The van der Waals surface area contributed by atoms with Gasteiger partial charge in [0.1, 0.15) is 6.61 Å². The van der Waals surface area contributed by atoms with Gasteiger partial charge in [0.2, 0.25) is 5.88 Å². The van der Waals surface area contributed by atoms with Crippen LogP contribution < -0.4 is 15.4 Å². The van der Waals surface area contributed by atoms with Gasteiger partial charge in [-0.15, -0.1) is 24.0 Å². The second kappa shape index (κ2) is 13.1. The van der Waals surface area contributed by atoms with Crippen molar-refractivity contribution in [3.8, 4) is 5.88 Å². The maximum Gasteiger partial charge on any atom is 0.218 e. The van der Waals surface area contributed by atoms with Crippen molar-refractivity contribution in [3.63, 3.8) is 0 Å². The van der Waals surface area contributed by atoms with E-state index >= 15 is 0 Å². The Balaban J connectivity index is 0.00000576. The third-order valence-corrected chi connectivity index (χ3v) is 3.36. The largest absolute Gasteiger partial charge is 0.475 e. The van der Waals surface area contributed by atoms with Gasteiger partial charge in [0.25, 0.3) is 0 Å². The first-order valence-electron chi connectivity index (χ1n) is 8.15. The van der Waals surface area contributed by atoms with E-state index < -0.39 is 0 Å². The summed E-state index contributed by atoms with van der Waals surface area (Å²) in [6, 6.07) is 3.84. The summed E-state index contributed by atoms with van der Waals surface area (Å²) in [5.41, 5.74) is 0.663. The number of hydrogen-bond donors (Lipinski definition) is 2. The quantitative estimate of drug-likeness (QED) is 0.238. The maximum atomic E-state index is 5.64. The molecule has 7 nitrogen and oxygen atoms in total. The molecule has 8 heteroatoms. The van der Waals surface area contributed by atoms with E-state index in [1.54, 1.807) is 20.4 Å². The van der Waals surface area contributed by atoms with Crippen LogP contribution in [-0.4, -0.2) is 57.1 Å². The molecule has 0 aliphatic carbocycles. The first kappa shape index (κ1) is 23.9. The Hall–Kier alpha value is -1.13. The van der Waals surface area contributed by atoms with Crippen molar-refractivity contribution in [1.82, 2.24) is 15.6 Å². The standard InChI is InChI=1S/C17H30N4O3.HI/c1-6-18-16(21-13-17(2,3)23-5)20-12-14-8-7-9-19-15(14)24-11-10-22-4;/h7-9H,6,10-13H2,1-5H3,(H2,18,20,21);1H. The molecule has 144 valence electrons. The normalized spacial score (nSPS) is 11.6. The SMILES string of the molecule is CCNC(=NCc1cccnc1OCCOC)NCC(C)(C)OC.I. The predicted octanol–water partition coefficient (Wildman–Crippen LogP) is 2.20. The van der Waals surface area contributed by atoms with Gasteiger partial charge in [-0.2, -0.15) is 0 Å². The molecule has 2 N–H and O–H groups in total. The van der Waals surface area contributed by atoms with Crippen LogP contribution in [0.1, 0.15) is 26.3 Å². The predicted molar refractivity (Wildman–Crippen MR) is 111 cm³/mol. The summed E-state index contributed by atoms with van der Waals surface area (Å²) in [5, 5.41) is 6.51. The van der Waals surface area contributed by atoms with Gasteiger partial charge in [-0.25, -0.2) is 9.98 Å². The van der Waals surface area contributed by atoms with Crippen molar-refractivity contribution in [2.24, 2.45) is 4.99 Å². The summed E-state index contributed by atoms with van der Waals surface area (Å²) < 4.78 is 16.0. The van der Waals surface area contributed by atoms with Crippen molar-refractivity contribution < 1.29 is 14.2 Å². The smallest absolute Gasteiger partial charge is 0.218 e. The molecule has 0 saturated heterocycles. The van der Waals surface area contributed by atoms with Gasteiger partial charge < -0.3 is 24.8 Å². The summed E-state index contributed by atoms with van der Waals surface area (Å²) in [6.07, 6.45) is 1.71. The van der Waals surface area contributed by atoms with Crippen LogP contribution in [0.15, 0.2) is 23.3 Å². The fraction of sp³-hybridized carbons (Fsp3) is 0.647. The lowest BCUT2D eigenvalue weighted by Gasteiger charge is -2.24. The van der Waals surface area contributed by atoms with Gasteiger partial charge in [0.15, 0.2) is 5.96 Å². The molecule has 0 aliphatic rings. The second-order valence-electron chi connectivity index (χ2n) is 5.82. The van der Waals surface area contributed by atoms with E-state index in [0.717, 1.165) is 18.1 Å². The number of nitrogens with zero attached hydrogens (tertiary/aromatic N) is 2. The molecule has 25 heavy (non-hydrogen) atoms. The Morgan fingerprint density at radius 3 is 2.64 bits per heavy atom. The molecule has 0 unspecified atom stereocenters. The van der Waals surface area contributed by atoms with E-state index in [2.05, 4.69) is 20.6 Å². The van der Waals surface area contributed by atoms with Crippen molar-refractivity contribution in [1.29, 1.82) is 0 Å². The minimum absolute atomic E-state index is 0. The monoisotopic (exact) mass is 466 g/mol. The molecule has 0 aromatic carbocycles. The van der Waals surface area contributed by atoms with Crippen LogP contribution in [0.5, 0.6) is 5.88 Å². The van der Waals surface area contributed by atoms with Gasteiger partial charge in [-0.05, 0) is 26.8 Å². The third kappa shape index (κ3) is 9.81. The Kier molecular flexibility index (Phi) is 12.5. The molecule has 0 spiro atoms. The molecule has 1 aromatic heterocycles. The molecule has 0 saturated carbocycles. The topological polar surface area (TPSA) is 77.0 Å². The number of ether oxygens (including phenoxy) is 3. The van der Waals surface area contributed by atoms with Gasteiger partial charge in [0.05, 0.1) is 18.8 Å². The molecule has 1 rings (SSSR count). The lowest BCUT2D eigenvalue weighted by Crippen LogP contribution is -2.45. The van der Waals surface area contributed by atoms with E-state index in [1.165, 1.54) is 0 Å². The second-order valence-corrected chi connectivity index (χ2v) is 5.82. The van der Waals surface area contributed by atoms with Crippen molar-refractivity contribution in [3.05, 3.63) is 23.9 Å². The zero-order valence-corrected chi connectivity index (χ0v) is 18.1. The van der Waals surface area contributed by atoms with E-state index in [1.807, 2.05) is 32.9 Å². The maximum absolute atomic E-state index is 5.64. The first-order chi connectivity index (χ1) is 11.5. The number of rotatable bonds is 10. The summed E-state index contributed by atoms with van der Waals surface area (Å²) in [7, 11) is 3.34. The van der Waals surface area contributed by atoms with E-state index in [-0.39, 0.29) is 29.6 Å². The Morgan fingerprint density at radius 1 is 1.24 bits per heavy atom. The first-order valence-corrected chi connectivity index (χ1v) is 8.15. The van der Waals surface area contributed by atoms with E-state index in [0.29, 0.717) is 32.2 Å². The van der Waals surface area contributed by atoms with Crippen molar-refractivity contribution >= 4 is 29.9 Å². The average Bonchev–Trinajstić information content (AvgIpc) is 2.58. The highest BCUT2D eigenvalue weighted by molar-refractivity contribution is 14.0. The summed E-state index contributed by atoms with van der Waals surface area (Å²) >= 11 is 0. The van der Waals surface area contributed by atoms with Gasteiger partial charge in [-0.1, -0.05) is 6.07 Å². The van der Waals surface area contributed by atoms with Crippen LogP contribution in [0.4, 0.5) is 0 Å². The number of halogens is 1. The van der Waals surface area contributed by atoms with Crippen LogP contribution in [-0.2, 0) is 16.0 Å². The molecule has 1 heterocycles. The molecule has 0 aliphatic heterocycles. The van der Waals surface area contributed by atoms with Crippen molar-refractivity contribution in [2.75, 3.05) is 40.5 Å². The molecule has 0 fully saturated rings. The highest BCUT2D eigenvalue weighted by Gasteiger charge is 2.16. The Morgan fingerprint density at radius 2 is 2.00 bits per heavy atom. The fourth-order valence-electron chi connectivity index (χ4n) is 1.77. The third-order valence-electron chi connectivity index (χ3n) is 3.36. The lowest BCUT2D eigenvalue weighted by molar-refractivity contribution is 0.0268. The highest BCUT2D eigenvalue weighted by atomic mass is 127. The van der Waals surface area contributed by atoms with Gasteiger partial charge in [-0.3, -0.25) is 0 Å². The van der Waals surface area contributed by atoms with Gasteiger partial charge >= 0.3 is 0 Å². The summed E-state index contributed by atoms with van der Waals surface area (Å²) in [5.74, 6) is 1.32. The number of aliphatic imine (C=N–C) groups is 1. The van der Waals surface area contributed by atoms with Crippen LogP contribution >= 0.6 is 24.0 Å². The zero-order valence-electron chi connectivity index (χ0n) is 15.8. The lowest BCUT2D eigenvalue weighted by atomic mass is 10.1. The highest BCUT2D eigenvalue weighted by Crippen LogP contribution is 2.15. The Labute approximate surface area is 168 Å². The minimum Gasteiger partial charge on any atom is -0.475 e. The number of methoxy groups -OCH3 is 2. The molecule has 0 atom stereocenters. The fourth-order valence-corrected chi connectivity index (χ4v) is 1.77. The molecule has 0 amide bonds. The van der Waals surface area contributed by atoms with E-state index in [9.17, 15) is 0 Å². The molecular weight excluding hydrogens is 435 g/mol. The van der Waals surface area contributed by atoms with Crippen LogP contribution in [0.3, 0.4) is 0 Å². The number of aromatic nitrogens is 1. The van der Waals surface area contributed by atoms with Crippen molar-refractivity contribution in [2.45, 2.75) is 32.9 Å². The van der Waals surface area contributed by atoms with Crippen LogP contribution in [0, 0.1) is 0 Å². The summed E-state index contributed by atoms with van der Waals surface area (Å²) in [4.78, 5) is 8.86. The number of pyridine rings is 1. The Bertz CT molecular complexity index is 512. The molecule has 1 aromatic rings. The molecule has 0 radical (unpaired) electrons. The number of guanidine groups is 1. The number of hydrogen-bond acceptors (Lipinski definition) is 5. The number of nitrogens with one attached hydrogen (secondary N) is 2. The van der Waals surface area contributed by atoms with E-state index in [4.69, 9.17) is 14.2 Å². The summed E-state index contributed by atoms with van der Waals surface area (Å²) in [6.45, 7) is 8.96. The van der Waals surface area contributed by atoms with Gasteiger partial charge in [0, 0.05) is 39.1 Å².